The van der Waals surface area contributed by atoms with Crippen LogP contribution in [0.2, 0.25) is 0 Å². The summed E-state index contributed by atoms with van der Waals surface area (Å²) in [6.45, 7) is 12.3. The van der Waals surface area contributed by atoms with Crippen molar-refractivity contribution in [1.82, 2.24) is 9.80 Å². The highest BCUT2D eigenvalue weighted by Gasteiger charge is 2.49. The fourth-order valence-corrected chi connectivity index (χ4v) is 7.04. The number of nitrogens with zero attached hydrogens (tertiary/aromatic N) is 2. The fourth-order valence-electron chi connectivity index (χ4n) is 7.04. The average Bonchev–Trinajstić information content (AvgIpc) is 2.92. The van der Waals surface area contributed by atoms with E-state index >= 15 is 0 Å². The minimum atomic E-state index is 0.00448. The monoisotopic (exact) mass is 516 g/mol. The van der Waals surface area contributed by atoms with Gasteiger partial charge in [0.15, 0.2) is 0 Å². The van der Waals surface area contributed by atoms with Crippen LogP contribution < -0.4 is 0 Å². The molecule has 4 nitrogen and oxygen atoms in total. The Balaban J connectivity index is 1.45. The van der Waals surface area contributed by atoms with Gasteiger partial charge in [-0.15, -0.1) is 6.58 Å². The van der Waals surface area contributed by atoms with E-state index in [9.17, 15) is 9.90 Å². The van der Waals surface area contributed by atoms with E-state index < -0.39 is 0 Å². The first-order valence-corrected chi connectivity index (χ1v) is 14.9. The van der Waals surface area contributed by atoms with Gasteiger partial charge in [0.25, 0.3) is 0 Å². The van der Waals surface area contributed by atoms with Gasteiger partial charge in [0.05, 0.1) is 0 Å². The minimum absolute atomic E-state index is 0.00448. The van der Waals surface area contributed by atoms with E-state index in [1.165, 1.54) is 11.1 Å². The Morgan fingerprint density at radius 2 is 1.95 bits per heavy atom. The lowest BCUT2D eigenvalue weighted by molar-refractivity contribution is -0.136. The molecule has 2 aliphatic rings. The molecular weight excluding hydrogens is 468 g/mol. The molecule has 1 saturated carbocycles. The number of amides is 1. The van der Waals surface area contributed by atoms with Crippen molar-refractivity contribution < 1.29 is 9.90 Å². The molecule has 1 N–H and O–H groups in total. The molecule has 1 saturated heterocycles. The zero-order valence-corrected chi connectivity index (χ0v) is 23.7. The Morgan fingerprint density at radius 1 is 1.13 bits per heavy atom. The number of hydrogen-bond acceptors (Lipinski definition) is 3. The number of likely N-dealkylation sites (tertiary alicyclic amines) is 1. The van der Waals surface area contributed by atoms with Gasteiger partial charge in [-0.2, -0.15) is 0 Å². The second-order valence-corrected chi connectivity index (χ2v) is 12.1. The highest BCUT2D eigenvalue weighted by atomic mass is 16.3. The number of carbonyl (C=O) groups is 1. The molecule has 0 spiro atoms. The largest absolute Gasteiger partial charge is 0.508 e. The summed E-state index contributed by atoms with van der Waals surface area (Å²) in [5.74, 6) is 1.65. The first-order valence-electron chi connectivity index (χ1n) is 14.9. The molecule has 1 heterocycles. The normalized spacial score (nSPS) is 23.7. The molecule has 1 aliphatic heterocycles. The van der Waals surface area contributed by atoms with Gasteiger partial charge in [0.1, 0.15) is 5.75 Å². The summed E-state index contributed by atoms with van der Waals surface area (Å²) in [4.78, 5) is 18.4. The van der Waals surface area contributed by atoms with E-state index in [-0.39, 0.29) is 11.5 Å². The predicted octanol–water partition coefficient (Wildman–Crippen LogP) is 6.98. The highest BCUT2D eigenvalue weighted by Crippen LogP contribution is 2.50. The number of phenolic OH excluding ortho intramolecular Hbond substituents is 1. The lowest BCUT2D eigenvalue weighted by Gasteiger charge is -2.54. The zero-order valence-electron chi connectivity index (χ0n) is 23.7. The predicted molar refractivity (Wildman–Crippen MR) is 157 cm³/mol. The van der Waals surface area contributed by atoms with Gasteiger partial charge in [0.2, 0.25) is 5.91 Å². The van der Waals surface area contributed by atoms with E-state index in [1.807, 2.05) is 18.2 Å². The van der Waals surface area contributed by atoms with Gasteiger partial charge in [0, 0.05) is 37.5 Å². The van der Waals surface area contributed by atoms with Crippen LogP contribution in [0.3, 0.4) is 0 Å². The van der Waals surface area contributed by atoms with Crippen LogP contribution in [0.1, 0.15) is 76.3 Å². The number of piperidine rings is 1. The topological polar surface area (TPSA) is 43.8 Å². The van der Waals surface area contributed by atoms with Crippen LogP contribution in [-0.2, 0) is 16.6 Å². The van der Waals surface area contributed by atoms with Crippen LogP contribution in [-0.4, -0.2) is 53.0 Å². The molecule has 38 heavy (non-hydrogen) atoms. The molecule has 0 aromatic heterocycles. The van der Waals surface area contributed by atoms with Crippen molar-refractivity contribution in [1.29, 1.82) is 0 Å². The van der Waals surface area contributed by atoms with Gasteiger partial charge in [-0.1, -0.05) is 68.8 Å². The van der Waals surface area contributed by atoms with E-state index in [1.54, 1.807) is 6.07 Å². The molecule has 2 aromatic rings. The van der Waals surface area contributed by atoms with Crippen molar-refractivity contribution in [3.8, 4) is 5.75 Å². The summed E-state index contributed by atoms with van der Waals surface area (Å²) < 4.78 is 0. The molecular formula is C34H48N2O2. The highest BCUT2D eigenvalue weighted by molar-refractivity contribution is 5.76. The summed E-state index contributed by atoms with van der Waals surface area (Å²) in [5, 5.41) is 10.4. The maximum absolute atomic E-state index is 13.7. The fraction of sp³-hybridized carbons (Fsp3) is 0.559. The Morgan fingerprint density at radius 3 is 2.68 bits per heavy atom. The van der Waals surface area contributed by atoms with Gasteiger partial charge >= 0.3 is 0 Å². The third kappa shape index (κ3) is 7.08. The molecule has 0 bridgehead atoms. The molecule has 1 amide bonds. The van der Waals surface area contributed by atoms with Gasteiger partial charge in [-0.05, 0) is 86.6 Å². The van der Waals surface area contributed by atoms with Crippen LogP contribution >= 0.6 is 0 Å². The maximum atomic E-state index is 13.7. The van der Waals surface area contributed by atoms with Crippen molar-refractivity contribution in [2.24, 2.45) is 11.8 Å². The molecule has 4 heteroatoms. The lowest BCUT2D eigenvalue weighted by atomic mass is 9.57. The van der Waals surface area contributed by atoms with Gasteiger partial charge in [-0.25, -0.2) is 0 Å². The molecule has 2 fully saturated rings. The van der Waals surface area contributed by atoms with Crippen LogP contribution in [0.4, 0.5) is 0 Å². The number of carbonyl (C=O) groups excluding carboxylic acids is 1. The third-order valence-corrected chi connectivity index (χ3v) is 8.91. The number of fused-ring (bicyclic) bond motifs is 1. The van der Waals surface area contributed by atoms with Gasteiger partial charge in [-0.3, -0.25) is 9.69 Å². The number of hydrogen-bond donors (Lipinski definition) is 1. The van der Waals surface area contributed by atoms with E-state index in [0.29, 0.717) is 29.9 Å². The Kier molecular flexibility index (Phi) is 10.1. The number of unbranched alkanes of at least 4 members (excludes halogenated alkanes) is 2. The Labute approximate surface area is 230 Å². The number of benzene rings is 2. The van der Waals surface area contributed by atoms with E-state index in [4.69, 9.17) is 0 Å². The van der Waals surface area contributed by atoms with Crippen molar-refractivity contribution in [3.05, 3.63) is 78.4 Å². The van der Waals surface area contributed by atoms with Crippen molar-refractivity contribution in [2.75, 3.05) is 26.2 Å². The first kappa shape index (κ1) is 28.4. The molecule has 0 unspecified atom stereocenters. The summed E-state index contributed by atoms with van der Waals surface area (Å²) in [7, 11) is 0. The number of aromatic hydroxyl groups is 1. The minimum Gasteiger partial charge on any atom is -0.508 e. The molecule has 0 radical (unpaired) electrons. The smallest absolute Gasteiger partial charge is 0.222 e. The second kappa shape index (κ2) is 13.5. The molecule has 2 aromatic carbocycles. The number of phenols is 1. The van der Waals surface area contributed by atoms with Crippen molar-refractivity contribution in [3.63, 3.8) is 0 Å². The van der Waals surface area contributed by atoms with E-state index in [0.717, 1.165) is 77.5 Å². The van der Waals surface area contributed by atoms with Crippen molar-refractivity contribution >= 4 is 5.91 Å². The molecule has 206 valence electrons. The lowest BCUT2D eigenvalue weighted by Crippen LogP contribution is -2.57. The molecule has 4 rings (SSSR count). The van der Waals surface area contributed by atoms with Crippen LogP contribution in [0, 0.1) is 11.8 Å². The molecule has 1 aliphatic carbocycles. The quantitative estimate of drug-likeness (QED) is 0.244. The summed E-state index contributed by atoms with van der Waals surface area (Å²) >= 11 is 0. The Hall–Kier alpha value is -2.59. The first-order chi connectivity index (χ1) is 18.4. The van der Waals surface area contributed by atoms with Crippen molar-refractivity contribution in [2.45, 2.75) is 83.1 Å². The van der Waals surface area contributed by atoms with Gasteiger partial charge < -0.3 is 10.0 Å². The summed E-state index contributed by atoms with van der Waals surface area (Å²) in [6, 6.07) is 18.9. The Bertz CT molecular complexity index is 1040. The maximum Gasteiger partial charge on any atom is 0.222 e. The summed E-state index contributed by atoms with van der Waals surface area (Å²) in [6.07, 6.45) is 11.2. The van der Waals surface area contributed by atoms with Crippen LogP contribution in [0.15, 0.2) is 67.3 Å². The van der Waals surface area contributed by atoms with Crippen LogP contribution in [0.5, 0.6) is 5.75 Å². The standard InChI is InChI=1S/C34H48N2O2/c1-4-21-35-22-20-34(29-15-11-16-32(37)23-29)24-31(19-18-30(34)26-35)36(25-27(2)3)33(38)17-10-6-9-14-28-12-7-5-8-13-28/h4-5,7-8,11-13,15-16,23,27,30-31,37H,1,6,9-10,14,17-22,24-26H2,2-3H3/t30-,31+,34+/m1/s1. The van der Waals surface area contributed by atoms with Crippen LogP contribution in [0.25, 0.3) is 0 Å². The molecule has 3 atom stereocenters. The van der Waals surface area contributed by atoms with E-state index in [2.05, 4.69) is 66.6 Å². The number of aryl methyl sites for hydroxylation is 1. The summed E-state index contributed by atoms with van der Waals surface area (Å²) in [5.41, 5.74) is 2.64. The zero-order chi connectivity index (χ0) is 27.0. The third-order valence-electron chi connectivity index (χ3n) is 8.91. The SMILES string of the molecule is C=CCN1CC[C@@]2(c3cccc(O)c3)C[C@@H](N(CC(C)C)C(=O)CCCCCc3ccccc3)CC[C@@H]2C1. The second-order valence-electron chi connectivity index (χ2n) is 12.1. The number of rotatable bonds is 12. The average molecular weight is 517 g/mol.